The Morgan fingerprint density at radius 1 is 0.974 bits per heavy atom. The van der Waals surface area contributed by atoms with Crippen LogP contribution in [0.4, 0.5) is 11.4 Å². The summed E-state index contributed by atoms with van der Waals surface area (Å²) in [4.78, 5) is 46.0. The van der Waals surface area contributed by atoms with Gasteiger partial charge in [-0.1, -0.05) is 48.0 Å². The predicted octanol–water partition coefficient (Wildman–Crippen LogP) is 4.41. The van der Waals surface area contributed by atoms with Gasteiger partial charge in [-0.05, 0) is 63.1 Å². The first-order valence-electron chi connectivity index (χ1n) is 13.3. The van der Waals surface area contributed by atoms with Crippen molar-refractivity contribution in [2.24, 2.45) is 5.92 Å². The molecule has 3 aromatic rings. The lowest BCUT2D eigenvalue weighted by atomic mass is 9.57. The molecule has 2 N–H and O–H groups in total. The first-order chi connectivity index (χ1) is 18.5. The summed E-state index contributed by atoms with van der Waals surface area (Å²) >= 11 is 0. The van der Waals surface area contributed by atoms with E-state index >= 15 is 0 Å². The van der Waals surface area contributed by atoms with E-state index in [0.29, 0.717) is 41.4 Å². The van der Waals surface area contributed by atoms with Gasteiger partial charge in [0.25, 0.3) is 5.91 Å². The molecule has 2 amide bonds. The third-order valence-corrected chi connectivity index (χ3v) is 8.99. The molecule has 4 unspecified atom stereocenters. The second-order valence-corrected chi connectivity index (χ2v) is 10.7. The number of aryl methyl sites for hydroxylation is 1. The Labute approximate surface area is 221 Å². The summed E-state index contributed by atoms with van der Waals surface area (Å²) in [5.74, 6) is -0.995. The Hall–Kier alpha value is -3.97. The van der Waals surface area contributed by atoms with Gasteiger partial charge in [-0.3, -0.25) is 19.3 Å². The topological polar surface area (TPSA) is 87.7 Å². The van der Waals surface area contributed by atoms with E-state index in [1.54, 1.807) is 12.1 Å². The van der Waals surface area contributed by atoms with E-state index in [0.717, 1.165) is 24.0 Å². The highest BCUT2D eigenvalue weighted by Crippen LogP contribution is 2.68. The van der Waals surface area contributed by atoms with Gasteiger partial charge in [0.1, 0.15) is 16.7 Å². The molecule has 2 fully saturated rings. The largest absolute Gasteiger partial charge is 0.493 e. The highest BCUT2D eigenvalue weighted by molar-refractivity contribution is 6.21. The van der Waals surface area contributed by atoms with Gasteiger partial charge in [-0.2, -0.15) is 0 Å². The molecule has 4 aliphatic heterocycles. The Morgan fingerprint density at radius 3 is 2.55 bits per heavy atom. The van der Waals surface area contributed by atoms with Crippen molar-refractivity contribution < 1.29 is 19.1 Å². The van der Waals surface area contributed by atoms with E-state index in [9.17, 15) is 14.4 Å². The van der Waals surface area contributed by atoms with Crippen molar-refractivity contribution in [2.75, 3.05) is 23.8 Å². The fraction of sp³-hybridized carbons (Fsp3) is 0.323. The van der Waals surface area contributed by atoms with Crippen LogP contribution in [0.5, 0.6) is 5.75 Å². The average Bonchev–Trinajstić information content (AvgIpc) is 3.63. The number of fused-ring (bicyclic) bond motifs is 7. The second kappa shape index (κ2) is 8.01. The molecule has 192 valence electrons. The molecule has 7 nitrogen and oxygen atoms in total. The van der Waals surface area contributed by atoms with E-state index in [1.165, 1.54) is 0 Å². The monoisotopic (exact) mass is 507 g/mol. The molecule has 2 saturated heterocycles. The van der Waals surface area contributed by atoms with Crippen LogP contribution in [0.25, 0.3) is 0 Å². The number of ketones is 1. The first-order valence-corrected chi connectivity index (χ1v) is 13.3. The molecule has 4 aliphatic rings. The average molecular weight is 508 g/mol. The van der Waals surface area contributed by atoms with E-state index in [4.69, 9.17) is 4.74 Å². The lowest BCUT2D eigenvalue weighted by Crippen LogP contribution is -2.62. The summed E-state index contributed by atoms with van der Waals surface area (Å²) in [5.41, 5.74) is 1.47. The van der Waals surface area contributed by atoms with Crippen molar-refractivity contribution in [3.8, 4) is 5.75 Å². The number of hydrogen-bond acceptors (Lipinski definition) is 5. The number of anilines is 2. The highest BCUT2D eigenvalue weighted by atomic mass is 16.5. The van der Waals surface area contributed by atoms with Gasteiger partial charge >= 0.3 is 0 Å². The lowest BCUT2D eigenvalue weighted by Gasteiger charge is -2.43. The molecule has 0 radical (unpaired) electrons. The summed E-state index contributed by atoms with van der Waals surface area (Å²) < 4.78 is 5.87. The maximum Gasteiger partial charge on any atom is 0.251 e. The quantitative estimate of drug-likeness (QED) is 0.511. The summed E-state index contributed by atoms with van der Waals surface area (Å²) in [6, 6.07) is 20.4. The van der Waals surface area contributed by atoms with Crippen LogP contribution in [-0.2, 0) is 20.5 Å². The van der Waals surface area contributed by atoms with Crippen molar-refractivity contribution in [1.29, 1.82) is 0 Å². The number of carbonyl (C=O) groups is 3. The van der Waals surface area contributed by atoms with Crippen LogP contribution in [0.2, 0.25) is 0 Å². The van der Waals surface area contributed by atoms with Crippen molar-refractivity contribution in [3.05, 3.63) is 89.0 Å². The van der Waals surface area contributed by atoms with Crippen LogP contribution in [0.1, 0.15) is 46.8 Å². The van der Waals surface area contributed by atoms with Crippen molar-refractivity contribution in [1.82, 2.24) is 4.90 Å². The third-order valence-electron chi connectivity index (χ3n) is 8.99. The molecule has 38 heavy (non-hydrogen) atoms. The van der Waals surface area contributed by atoms with Crippen molar-refractivity contribution >= 4 is 29.0 Å². The van der Waals surface area contributed by atoms with Gasteiger partial charge in [0.15, 0.2) is 5.78 Å². The molecule has 0 bridgehead atoms. The minimum Gasteiger partial charge on any atom is -0.493 e. The molecule has 0 saturated carbocycles. The molecule has 2 spiro atoms. The molecule has 4 heterocycles. The number of amides is 2. The molecule has 3 aromatic carbocycles. The summed E-state index contributed by atoms with van der Waals surface area (Å²) in [6.45, 7) is 4.91. The summed E-state index contributed by atoms with van der Waals surface area (Å²) in [5, 5.41) is 6.19. The zero-order valence-electron chi connectivity index (χ0n) is 21.4. The second-order valence-electron chi connectivity index (χ2n) is 10.7. The highest BCUT2D eigenvalue weighted by Gasteiger charge is 2.81. The van der Waals surface area contributed by atoms with Crippen LogP contribution in [0, 0.1) is 12.8 Å². The molecular formula is C31H29N3O4. The predicted molar refractivity (Wildman–Crippen MR) is 143 cm³/mol. The maximum absolute atomic E-state index is 14.8. The molecule has 0 aromatic heterocycles. The fourth-order valence-electron chi connectivity index (χ4n) is 7.81. The number of ether oxygens (including phenoxy) is 1. The van der Waals surface area contributed by atoms with Gasteiger partial charge in [0.2, 0.25) is 5.91 Å². The van der Waals surface area contributed by atoms with Crippen LogP contribution in [-0.4, -0.2) is 41.7 Å². The number of rotatable bonds is 4. The number of carbonyl (C=O) groups excluding carboxylic acids is 3. The van der Waals surface area contributed by atoms with Crippen LogP contribution >= 0.6 is 0 Å². The van der Waals surface area contributed by atoms with Crippen molar-refractivity contribution in [3.63, 3.8) is 0 Å². The van der Waals surface area contributed by atoms with Gasteiger partial charge < -0.3 is 15.4 Å². The zero-order chi connectivity index (χ0) is 26.2. The SMILES string of the molecule is CCOc1ccccc1C(=O)C1C2CCCN2C2(C(=O)Nc3ccc(C)cc32)C12C(=O)Nc1ccccc12. The number of benzene rings is 3. The molecule has 7 rings (SSSR count). The van der Waals surface area contributed by atoms with Gasteiger partial charge in [-0.25, -0.2) is 0 Å². The van der Waals surface area contributed by atoms with Crippen LogP contribution < -0.4 is 15.4 Å². The standard InChI is InChI=1S/C31H29N3O4/c1-3-38-25-13-7-4-9-19(25)27(35)26-24-12-8-16-34(24)31(21-17-18(2)14-15-23(21)33-29(31)37)30(26)20-10-5-6-11-22(20)32-28(30)36/h4-7,9-11,13-15,17,24,26H,3,8,12,16H2,1-2H3,(H,32,36)(H,33,37). The Balaban J connectivity index is 1.58. The Bertz CT molecular complexity index is 1530. The summed E-state index contributed by atoms with van der Waals surface area (Å²) in [7, 11) is 0. The molecular weight excluding hydrogens is 478 g/mol. The Kier molecular flexibility index (Phi) is 4.89. The van der Waals surface area contributed by atoms with Gasteiger partial charge in [0, 0.05) is 23.0 Å². The molecule has 0 aliphatic carbocycles. The molecule has 4 atom stereocenters. The smallest absolute Gasteiger partial charge is 0.251 e. The lowest BCUT2D eigenvalue weighted by molar-refractivity contribution is -0.137. The fourth-order valence-corrected chi connectivity index (χ4v) is 7.81. The number of hydrogen-bond donors (Lipinski definition) is 2. The third kappa shape index (κ3) is 2.59. The summed E-state index contributed by atoms with van der Waals surface area (Å²) in [6.07, 6.45) is 1.57. The van der Waals surface area contributed by atoms with Crippen LogP contribution in [0.3, 0.4) is 0 Å². The number of nitrogens with zero attached hydrogens (tertiary/aromatic N) is 1. The number of nitrogens with one attached hydrogen (secondary N) is 2. The molecule has 7 heteroatoms. The first kappa shape index (κ1) is 23.2. The van der Waals surface area contributed by atoms with Crippen molar-refractivity contribution in [2.45, 2.75) is 43.7 Å². The van der Waals surface area contributed by atoms with Gasteiger partial charge in [-0.15, -0.1) is 0 Å². The maximum atomic E-state index is 14.8. The van der Waals surface area contributed by atoms with E-state index in [1.807, 2.05) is 68.4 Å². The van der Waals surface area contributed by atoms with Crippen LogP contribution in [0.15, 0.2) is 66.7 Å². The minimum atomic E-state index is -1.45. The Morgan fingerprint density at radius 2 is 1.71 bits per heavy atom. The van der Waals surface area contributed by atoms with E-state index < -0.39 is 16.9 Å². The zero-order valence-corrected chi connectivity index (χ0v) is 21.4. The number of para-hydroxylation sites is 2. The number of Topliss-reactive ketones (excluding diaryl/α,β-unsaturated/α-hetero) is 1. The van der Waals surface area contributed by atoms with E-state index in [2.05, 4.69) is 15.5 Å². The normalized spacial score (nSPS) is 28.8. The van der Waals surface area contributed by atoms with Gasteiger partial charge in [0.05, 0.1) is 18.1 Å². The minimum absolute atomic E-state index is 0.163. The van der Waals surface area contributed by atoms with E-state index in [-0.39, 0.29) is 23.6 Å².